The van der Waals surface area contributed by atoms with E-state index in [1.165, 1.54) is 11.3 Å². The number of carbonyl (C=O) groups is 1. The van der Waals surface area contributed by atoms with Crippen LogP contribution in [-0.4, -0.2) is 42.7 Å². The highest BCUT2D eigenvalue weighted by atomic mass is 35.5. The molecule has 2 heterocycles. The number of halogens is 1. The third kappa shape index (κ3) is 4.58. The number of rotatable bonds is 7. The summed E-state index contributed by atoms with van der Waals surface area (Å²) in [5.74, 6) is 0.964. The van der Waals surface area contributed by atoms with E-state index in [-0.39, 0.29) is 11.5 Å². The van der Waals surface area contributed by atoms with Crippen LogP contribution in [0.3, 0.4) is 0 Å². The summed E-state index contributed by atoms with van der Waals surface area (Å²) in [5, 5.41) is 0.544. The van der Waals surface area contributed by atoms with Gasteiger partial charge in [0, 0.05) is 23.7 Å². The van der Waals surface area contributed by atoms with Crippen LogP contribution in [0.15, 0.2) is 63.5 Å². The first-order valence-corrected chi connectivity index (χ1v) is 12.8. The van der Waals surface area contributed by atoms with E-state index in [0.29, 0.717) is 55.8 Å². The van der Waals surface area contributed by atoms with Gasteiger partial charge in [0.25, 0.3) is 11.5 Å². The molecule has 1 amide bonds. The fourth-order valence-corrected chi connectivity index (χ4v) is 5.58. The molecule has 4 rings (SSSR count). The number of hydrogen-bond acceptors (Lipinski definition) is 6. The van der Waals surface area contributed by atoms with Gasteiger partial charge >= 0.3 is 0 Å². The van der Waals surface area contributed by atoms with E-state index in [9.17, 15) is 9.59 Å². The summed E-state index contributed by atoms with van der Waals surface area (Å²) < 4.78 is 13.2. The normalized spacial score (nSPS) is 15.4. The van der Waals surface area contributed by atoms with E-state index in [2.05, 4.69) is 0 Å². The summed E-state index contributed by atoms with van der Waals surface area (Å²) >= 11 is 7.62. The Hall–Kier alpha value is -3.36. The number of benzene rings is 2. The number of allylic oxidation sites excluding steroid dienone is 1. The molecule has 0 bridgehead atoms. The van der Waals surface area contributed by atoms with Crippen molar-refractivity contribution in [3.05, 3.63) is 89.6 Å². The molecule has 1 aromatic heterocycles. The molecule has 1 aliphatic rings. The molecule has 1 atom stereocenters. The molecule has 0 saturated heterocycles. The maximum absolute atomic E-state index is 13.9. The number of aromatic nitrogens is 1. The van der Waals surface area contributed by atoms with Crippen molar-refractivity contribution < 1.29 is 14.3 Å². The minimum atomic E-state index is -0.743. The lowest BCUT2D eigenvalue weighted by Gasteiger charge is -2.30. The minimum absolute atomic E-state index is 0.170. The number of thiazole rings is 1. The molecule has 36 heavy (non-hydrogen) atoms. The molecule has 0 spiro atoms. The zero-order valence-corrected chi connectivity index (χ0v) is 22.4. The van der Waals surface area contributed by atoms with Crippen LogP contribution in [0.5, 0.6) is 11.5 Å². The van der Waals surface area contributed by atoms with Crippen LogP contribution in [0.4, 0.5) is 0 Å². The van der Waals surface area contributed by atoms with Gasteiger partial charge in [-0.15, -0.1) is 0 Å². The largest absolute Gasteiger partial charge is 0.497 e. The van der Waals surface area contributed by atoms with E-state index in [4.69, 9.17) is 26.1 Å². The number of carbonyl (C=O) groups excluding carboxylic acids is 1. The molecule has 0 fully saturated rings. The quantitative estimate of drug-likeness (QED) is 0.470. The number of nitrogens with zero attached hydrogens (tertiary/aromatic N) is 3. The number of hydrogen-bond donors (Lipinski definition) is 0. The van der Waals surface area contributed by atoms with E-state index in [0.717, 1.165) is 5.56 Å². The van der Waals surface area contributed by atoms with Crippen LogP contribution in [-0.2, 0) is 4.79 Å². The summed E-state index contributed by atoms with van der Waals surface area (Å²) in [6.07, 6.45) is 1.76. The van der Waals surface area contributed by atoms with Crippen LogP contribution in [0.25, 0.3) is 6.08 Å². The summed E-state index contributed by atoms with van der Waals surface area (Å²) in [7, 11) is 3.14. The molecule has 2 aromatic carbocycles. The van der Waals surface area contributed by atoms with Crippen molar-refractivity contribution >= 4 is 34.9 Å². The third-order valence-electron chi connectivity index (χ3n) is 6.23. The molecule has 0 unspecified atom stereocenters. The van der Waals surface area contributed by atoms with Gasteiger partial charge < -0.3 is 14.4 Å². The van der Waals surface area contributed by atoms with Gasteiger partial charge in [-0.25, -0.2) is 4.99 Å². The smallest absolute Gasteiger partial charge is 0.271 e. The first kappa shape index (κ1) is 25.7. The minimum Gasteiger partial charge on any atom is -0.497 e. The Labute approximate surface area is 218 Å². The Bertz CT molecular complexity index is 1520. The molecule has 9 heteroatoms. The number of fused-ring (bicyclic) bond motifs is 1. The molecule has 188 valence electrons. The second kappa shape index (κ2) is 10.7. The molecule has 0 N–H and O–H groups in total. The average molecular weight is 526 g/mol. The van der Waals surface area contributed by atoms with Crippen molar-refractivity contribution in [3.63, 3.8) is 0 Å². The van der Waals surface area contributed by atoms with Gasteiger partial charge in [-0.2, -0.15) is 0 Å². The van der Waals surface area contributed by atoms with Crippen molar-refractivity contribution in [1.82, 2.24) is 9.47 Å². The molecular weight excluding hydrogens is 498 g/mol. The fourth-order valence-electron chi connectivity index (χ4n) is 4.36. The van der Waals surface area contributed by atoms with Crippen molar-refractivity contribution in [3.8, 4) is 11.5 Å². The number of likely N-dealkylation sites (N-methyl/N-ethyl adjacent to an activating group) is 1. The lowest BCUT2D eigenvalue weighted by atomic mass is 9.93. The van der Waals surface area contributed by atoms with Crippen molar-refractivity contribution in [2.24, 2.45) is 4.99 Å². The van der Waals surface area contributed by atoms with Gasteiger partial charge in [0.1, 0.15) is 17.5 Å². The van der Waals surface area contributed by atoms with Crippen molar-refractivity contribution in [2.75, 3.05) is 27.3 Å². The molecular formula is C27H28ClN3O4S. The third-order valence-corrected chi connectivity index (χ3v) is 7.55. The fraction of sp³-hybridized carbons (Fsp3) is 0.296. The Morgan fingerprint density at radius 1 is 1.17 bits per heavy atom. The molecule has 7 nitrogen and oxygen atoms in total. The van der Waals surface area contributed by atoms with E-state index in [1.54, 1.807) is 48.0 Å². The van der Waals surface area contributed by atoms with Crippen molar-refractivity contribution in [1.29, 1.82) is 0 Å². The zero-order chi connectivity index (χ0) is 26.0. The van der Waals surface area contributed by atoms with Crippen LogP contribution in [0.2, 0.25) is 5.02 Å². The summed E-state index contributed by atoms with van der Waals surface area (Å²) in [4.78, 5) is 34.6. The highest BCUT2D eigenvalue weighted by Gasteiger charge is 2.36. The highest BCUT2D eigenvalue weighted by molar-refractivity contribution is 7.07. The van der Waals surface area contributed by atoms with Gasteiger partial charge in [0.2, 0.25) is 0 Å². The first-order chi connectivity index (χ1) is 17.3. The Morgan fingerprint density at radius 2 is 1.89 bits per heavy atom. The lowest BCUT2D eigenvalue weighted by Crippen LogP contribution is -2.43. The second-order valence-corrected chi connectivity index (χ2v) is 9.60. The van der Waals surface area contributed by atoms with Gasteiger partial charge in [-0.1, -0.05) is 41.1 Å². The van der Waals surface area contributed by atoms with Crippen LogP contribution < -0.4 is 24.4 Å². The monoisotopic (exact) mass is 525 g/mol. The first-order valence-electron chi connectivity index (χ1n) is 11.6. The van der Waals surface area contributed by atoms with E-state index in [1.807, 2.05) is 45.0 Å². The predicted octanol–water partition coefficient (Wildman–Crippen LogP) is 3.77. The second-order valence-electron chi connectivity index (χ2n) is 8.19. The zero-order valence-electron chi connectivity index (χ0n) is 20.9. The molecule has 3 aromatic rings. The summed E-state index contributed by atoms with van der Waals surface area (Å²) in [6.45, 7) is 6.73. The summed E-state index contributed by atoms with van der Waals surface area (Å²) in [6, 6.07) is 12.0. The summed E-state index contributed by atoms with van der Waals surface area (Å²) in [5.41, 5.74) is 2.11. The Morgan fingerprint density at radius 3 is 2.53 bits per heavy atom. The predicted molar refractivity (Wildman–Crippen MR) is 143 cm³/mol. The van der Waals surface area contributed by atoms with Gasteiger partial charge in [0.15, 0.2) is 4.80 Å². The lowest BCUT2D eigenvalue weighted by molar-refractivity contribution is -0.127. The van der Waals surface area contributed by atoms with E-state index >= 15 is 0 Å². The standard InChI is InChI=1S/C27H28ClN3O4S/c1-6-30(7-2)26(33)23-16(3)29-27-31(24(23)19-15-18(34-4)12-13-21(19)35-5)25(32)22(36-27)14-17-10-8-9-11-20(17)28/h8-15,24H,6-7H2,1-5H3/b22-14+/t24-/m1/s1. The SMILES string of the molecule is CCN(CC)C(=O)C1=C(C)N=c2s/c(=C/c3ccccc3Cl)c(=O)n2[C@@H]1c1cc(OC)ccc1OC. The maximum Gasteiger partial charge on any atom is 0.271 e. The molecule has 0 radical (unpaired) electrons. The van der Waals surface area contributed by atoms with Crippen LogP contribution in [0, 0.1) is 0 Å². The van der Waals surface area contributed by atoms with Gasteiger partial charge in [-0.3, -0.25) is 14.2 Å². The van der Waals surface area contributed by atoms with Crippen molar-refractivity contribution in [2.45, 2.75) is 26.8 Å². The highest BCUT2D eigenvalue weighted by Crippen LogP contribution is 2.38. The number of amides is 1. The molecule has 1 aliphatic heterocycles. The molecule has 0 aliphatic carbocycles. The van der Waals surface area contributed by atoms with Crippen LogP contribution >= 0.6 is 22.9 Å². The van der Waals surface area contributed by atoms with Gasteiger partial charge in [0.05, 0.1) is 30.0 Å². The average Bonchev–Trinajstić information content (AvgIpc) is 3.19. The van der Waals surface area contributed by atoms with E-state index < -0.39 is 6.04 Å². The van der Waals surface area contributed by atoms with Gasteiger partial charge in [-0.05, 0) is 56.7 Å². The maximum atomic E-state index is 13.9. The molecule has 0 saturated carbocycles. The Balaban J connectivity index is 2.04. The number of methoxy groups -OCH3 is 2. The topological polar surface area (TPSA) is 73.1 Å². The number of ether oxygens (including phenoxy) is 2. The van der Waals surface area contributed by atoms with Crippen LogP contribution in [0.1, 0.15) is 37.9 Å². The Kier molecular flexibility index (Phi) is 7.66.